The van der Waals surface area contributed by atoms with Crippen LogP contribution in [0.3, 0.4) is 0 Å². The van der Waals surface area contributed by atoms with Gasteiger partial charge >= 0.3 is 0 Å². The van der Waals surface area contributed by atoms with Crippen molar-refractivity contribution in [3.8, 4) is 0 Å². The lowest BCUT2D eigenvalue weighted by Crippen LogP contribution is -2.29. The Hall–Kier alpha value is -3.73. The third-order valence-corrected chi connectivity index (χ3v) is 4.97. The molecule has 0 unspecified atom stereocenters. The number of rotatable bonds is 3. The maximum absolute atomic E-state index is 14.7. The predicted molar refractivity (Wildman–Crippen MR) is 109 cm³/mol. The van der Waals surface area contributed by atoms with Crippen LogP contribution in [-0.2, 0) is 9.59 Å². The van der Waals surface area contributed by atoms with Gasteiger partial charge in [-0.1, -0.05) is 60.7 Å². The molecule has 3 aromatic carbocycles. The molecule has 1 aliphatic heterocycles. The van der Waals surface area contributed by atoms with Crippen LogP contribution in [0, 0.1) is 12.7 Å². The highest BCUT2D eigenvalue weighted by Gasteiger charge is 2.47. The number of Topliss-reactive ketones (excluding diaryl/α,β-unsaturated/α-hetero) is 1. The van der Waals surface area contributed by atoms with Gasteiger partial charge in [0.2, 0.25) is 0 Å². The lowest BCUT2D eigenvalue weighted by atomic mass is 9.94. The normalized spacial score (nSPS) is 18.3. The molecule has 1 amide bonds. The van der Waals surface area contributed by atoms with E-state index in [-0.39, 0.29) is 16.9 Å². The largest absolute Gasteiger partial charge is 0.507 e. The van der Waals surface area contributed by atoms with E-state index in [0.717, 1.165) is 5.56 Å². The maximum atomic E-state index is 14.7. The van der Waals surface area contributed by atoms with Crippen LogP contribution in [0.5, 0.6) is 0 Å². The number of halogens is 1. The van der Waals surface area contributed by atoms with Gasteiger partial charge in [0.15, 0.2) is 0 Å². The number of aliphatic hydroxyl groups excluding tert-OH is 1. The monoisotopic (exact) mass is 387 g/mol. The minimum Gasteiger partial charge on any atom is -0.507 e. The number of aryl methyl sites for hydroxylation is 1. The number of ketones is 1. The van der Waals surface area contributed by atoms with E-state index in [0.29, 0.717) is 11.3 Å². The molecule has 1 aliphatic rings. The van der Waals surface area contributed by atoms with Crippen molar-refractivity contribution in [2.45, 2.75) is 13.0 Å². The summed E-state index contributed by atoms with van der Waals surface area (Å²) in [5.74, 6) is -2.54. The van der Waals surface area contributed by atoms with E-state index < -0.39 is 23.5 Å². The van der Waals surface area contributed by atoms with E-state index in [9.17, 15) is 19.1 Å². The quantitative estimate of drug-likeness (QED) is 0.400. The molecule has 3 aromatic rings. The molecule has 0 radical (unpaired) electrons. The van der Waals surface area contributed by atoms with Crippen molar-refractivity contribution < 1.29 is 19.1 Å². The number of carbonyl (C=O) groups excluding carboxylic acids is 2. The molecule has 0 spiro atoms. The number of hydrogen-bond donors (Lipinski definition) is 1. The first-order valence-electron chi connectivity index (χ1n) is 9.16. The average Bonchev–Trinajstić information content (AvgIpc) is 2.99. The summed E-state index contributed by atoms with van der Waals surface area (Å²) in [5, 5.41) is 10.9. The Labute approximate surface area is 167 Å². The fourth-order valence-corrected chi connectivity index (χ4v) is 3.62. The van der Waals surface area contributed by atoms with Gasteiger partial charge in [-0.3, -0.25) is 14.5 Å². The zero-order valence-electron chi connectivity index (χ0n) is 15.7. The van der Waals surface area contributed by atoms with Crippen molar-refractivity contribution in [2.24, 2.45) is 0 Å². The van der Waals surface area contributed by atoms with Crippen LogP contribution in [-0.4, -0.2) is 16.8 Å². The summed E-state index contributed by atoms with van der Waals surface area (Å²) in [5.41, 5.74) is 1.75. The second kappa shape index (κ2) is 7.36. The molecule has 0 bridgehead atoms. The minimum atomic E-state index is -1.07. The first-order chi connectivity index (χ1) is 14.0. The highest BCUT2D eigenvalue weighted by atomic mass is 19.1. The Morgan fingerprint density at radius 3 is 2.31 bits per heavy atom. The summed E-state index contributed by atoms with van der Waals surface area (Å²) in [6.45, 7) is 1.86. The summed E-state index contributed by atoms with van der Waals surface area (Å²) in [4.78, 5) is 27.2. The molecule has 1 atom stereocenters. The highest BCUT2D eigenvalue weighted by Crippen LogP contribution is 2.42. The maximum Gasteiger partial charge on any atom is 0.300 e. The summed E-state index contributed by atoms with van der Waals surface area (Å²) in [7, 11) is 0. The standard InChI is InChI=1S/C24H18FNO3/c1-15-8-7-11-17(14-15)26-21(18-12-5-6-13-19(18)25)20(23(28)24(26)29)22(27)16-9-3-2-4-10-16/h2-14,21,27H,1H3/b22-20+/t21-/m0/s1. The molecular weight excluding hydrogens is 369 g/mol. The summed E-state index contributed by atoms with van der Waals surface area (Å²) in [6, 6.07) is 20.4. The molecule has 1 fully saturated rings. The first-order valence-corrected chi connectivity index (χ1v) is 9.16. The predicted octanol–water partition coefficient (Wildman–Crippen LogP) is 4.76. The molecule has 1 N–H and O–H groups in total. The Bertz CT molecular complexity index is 1140. The van der Waals surface area contributed by atoms with Gasteiger partial charge in [0.1, 0.15) is 11.6 Å². The fourth-order valence-electron chi connectivity index (χ4n) is 3.62. The van der Waals surface area contributed by atoms with Crippen LogP contribution in [0.4, 0.5) is 10.1 Å². The SMILES string of the molecule is Cc1cccc(N2C(=O)C(=O)/C(=C(/O)c3ccccc3)[C@@H]2c2ccccc2F)c1. The van der Waals surface area contributed by atoms with Gasteiger partial charge in [0.05, 0.1) is 11.6 Å². The molecule has 0 aliphatic carbocycles. The molecule has 29 heavy (non-hydrogen) atoms. The molecule has 0 aromatic heterocycles. The van der Waals surface area contributed by atoms with Gasteiger partial charge in [0, 0.05) is 16.8 Å². The third-order valence-electron chi connectivity index (χ3n) is 4.97. The van der Waals surface area contributed by atoms with Crippen molar-refractivity contribution >= 4 is 23.1 Å². The Kier molecular flexibility index (Phi) is 4.72. The number of benzene rings is 3. The van der Waals surface area contributed by atoms with Crippen molar-refractivity contribution in [2.75, 3.05) is 4.90 Å². The van der Waals surface area contributed by atoms with Crippen LogP contribution >= 0.6 is 0 Å². The number of anilines is 1. The lowest BCUT2D eigenvalue weighted by molar-refractivity contribution is -0.132. The number of aliphatic hydroxyl groups is 1. The highest BCUT2D eigenvalue weighted by molar-refractivity contribution is 6.51. The number of amides is 1. The Balaban J connectivity index is 1.99. The van der Waals surface area contributed by atoms with Crippen LogP contribution in [0.15, 0.2) is 84.4 Å². The minimum absolute atomic E-state index is 0.132. The van der Waals surface area contributed by atoms with Crippen LogP contribution in [0.2, 0.25) is 0 Å². The van der Waals surface area contributed by atoms with Gasteiger partial charge in [-0.2, -0.15) is 0 Å². The van der Waals surface area contributed by atoms with Gasteiger partial charge in [0.25, 0.3) is 11.7 Å². The zero-order chi connectivity index (χ0) is 20.5. The van der Waals surface area contributed by atoms with Crippen molar-refractivity contribution in [1.82, 2.24) is 0 Å². The molecule has 5 heteroatoms. The van der Waals surface area contributed by atoms with E-state index in [2.05, 4.69) is 0 Å². The van der Waals surface area contributed by atoms with Gasteiger partial charge in [-0.25, -0.2) is 4.39 Å². The number of hydrogen-bond acceptors (Lipinski definition) is 3. The molecular formula is C24H18FNO3. The molecule has 1 heterocycles. The molecule has 144 valence electrons. The van der Waals surface area contributed by atoms with Crippen molar-refractivity contribution in [3.63, 3.8) is 0 Å². The van der Waals surface area contributed by atoms with E-state index >= 15 is 0 Å². The fraction of sp³-hybridized carbons (Fsp3) is 0.0833. The Morgan fingerprint density at radius 2 is 1.62 bits per heavy atom. The second-order valence-corrected chi connectivity index (χ2v) is 6.90. The molecule has 0 saturated carbocycles. The summed E-state index contributed by atoms with van der Waals surface area (Å²) < 4.78 is 14.7. The van der Waals surface area contributed by atoms with E-state index in [4.69, 9.17) is 0 Å². The molecule has 4 rings (SSSR count). The molecule has 1 saturated heterocycles. The smallest absolute Gasteiger partial charge is 0.300 e. The van der Waals surface area contributed by atoms with Crippen molar-refractivity contribution in [1.29, 1.82) is 0 Å². The summed E-state index contributed by atoms with van der Waals surface area (Å²) in [6.07, 6.45) is 0. The molecule has 4 nitrogen and oxygen atoms in total. The van der Waals surface area contributed by atoms with Crippen LogP contribution in [0.1, 0.15) is 22.7 Å². The number of carbonyl (C=O) groups is 2. The first kappa shape index (κ1) is 18.6. The average molecular weight is 387 g/mol. The van der Waals surface area contributed by atoms with E-state index in [1.807, 2.05) is 13.0 Å². The van der Waals surface area contributed by atoms with Crippen LogP contribution < -0.4 is 4.90 Å². The second-order valence-electron chi connectivity index (χ2n) is 6.90. The van der Waals surface area contributed by atoms with E-state index in [1.165, 1.54) is 23.1 Å². The van der Waals surface area contributed by atoms with Gasteiger partial charge in [-0.15, -0.1) is 0 Å². The van der Waals surface area contributed by atoms with Crippen molar-refractivity contribution in [3.05, 3.63) is 107 Å². The lowest BCUT2D eigenvalue weighted by Gasteiger charge is -2.26. The third kappa shape index (κ3) is 3.21. The Morgan fingerprint density at radius 1 is 0.931 bits per heavy atom. The van der Waals surface area contributed by atoms with Gasteiger partial charge < -0.3 is 5.11 Å². The zero-order valence-corrected chi connectivity index (χ0v) is 15.7. The van der Waals surface area contributed by atoms with E-state index in [1.54, 1.807) is 54.6 Å². The number of nitrogens with zero attached hydrogens (tertiary/aromatic N) is 1. The topological polar surface area (TPSA) is 57.6 Å². The van der Waals surface area contributed by atoms with Gasteiger partial charge in [-0.05, 0) is 30.7 Å². The summed E-state index contributed by atoms with van der Waals surface area (Å²) >= 11 is 0. The van der Waals surface area contributed by atoms with Crippen LogP contribution in [0.25, 0.3) is 5.76 Å².